The summed E-state index contributed by atoms with van der Waals surface area (Å²) in [7, 11) is 3.26. The zero-order chi connectivity index (χ0) is 29.7. The number of pyridine rings is 1. The lowest BCUT2D eigenvalue weighted by Gasteiger charge is -2.15. The molecular formula is C31H31ClN6O3. The molecule has 0 fully saturated rings. The number of hydrogen-bond donors (Lipinski definition) is 2. The number of fused-ring (bicyclic) bond motifs is 1. The predicted molar refractivity (Wildman–Crippen MR) is 162 cm³/mol. The Morgan fingerprint density at radius 3 is 2.63 bits per heavy atom. The average Bonchev–Trinajstić information content (AvgIpc) is 2.95. The number of carbonyl (C=O) groups excluding carboxylic acids is 1. The van der Waals surface area contributed by atoms with Crippen LogP contribution in [-0.4, -0.2) is 34.6 Å². The van der Waals surface area contributed by atoms with Crippen LogP contribution in [0.3, 0.4) is 0 Å². The molecular weight excluding hydrogens is 540 g/mol. The summed E-state index contributed by atoms with van der Waals surface area (Å²) in [5, 5.41) is 16.3. The first-order valence-electron chi connectivity index (χ1n) is 13.0. The molecule has 210 valence electrons. The van der Waals surface area contributed by atoms with Crippen molar-refractivity contribution in [1.82, 2.24) is 14.5 Å². The average molecular weight is 571 g/mol. The Morgan fingerprint density at radius 2 is 1.95 bits per heavy atom. The van der Waals surface area contributed by atoms with Crippen molar-refractivity contribution in [3.63, 3.8) is 0 Å². The fourth-order valence-electron chi connectivity index (χ4n) is 4.34. The smallest absolute Gasteiger partial charge is 0.265 e. The molecule has 0 bridgehead atoms. The number of nitrogens with one attached hydrogen (secondary N) is 2. The Balaban J connectivity index is 1.70. The lowest BCUT2D eigenvalue weighted by atomic mass is 9.93. The van der Waals surface area contributed by atoms with Crippen molar-refractivity contribution >= 4 is 40.2 Å². The fourth-order valence-corrected chi connectivity index (χ4v) is 4.56. The van der Waals surface area contributed by atoms with Gasteiger partial charge in [0, 0.05) is 47.0 Å². The number of benzene rings is 2. The van der Waals surface area contributed by atoms with E-state index < -0.39 is 5.91 Å². The van der Waals surface area contributed by atoms with E-state index in [1.54, 1.807) is 61.3 Å². The summed E-state index contributed by atoms with van der Waals surface area (Å²) in [6, 6.07) is 16.2. The maximum atomic E-state index is 13.9. The van der Waals surface area contributed by atoms with E-state index in [4.69, 9.17) is 16.3 Å². The van der Waals surface area contributed by atoms with Gasteiger partial charge in [-0.25, -0.2) is 4.98 Å². The normalized spacial score (nSPS) is 11.7. The number of allylic oxidation sites excluding steroid dienone is 1. The number of methoxy groups -OCH3 is 1. The first kappa shape index (κ1) is 29.3. The van der Waals surface area contributed by atoms with Crippen LogP contribution in [0.25, 0.3) is 22.2 Å². The van der Waals surface area contributed by atoms with E-state index in [1.165, 1.54) is 0 Å². The molecule has 0 unspecified atom stereocenters. The summed E-state index contributed by atoms with van der Waals surface area (Å²) in [5.41, 5.74) is 2.33. The molecule has 0 saturated carbocycles. The molecule has 10 heteroatoms. The third kappa shape index (κ3) is 6.91. The van der Waals surface area contributed by atoms with Crippen LogP contribution in [-0.2, 0) is 17.8 Å². The molecule has 9 nitrogen and oxygen atoms in total. The van der Waals surface area contributed by atoms with Gasteiger partial charge in [-0.15, -0.1) is 0 Å². The Labute approximate surface area is 243 Å². The van der Waals surface area contributed by atoms with Crippen LogP contribution in [0.1, 0.15) is 26.3 Å². The van der Waals surface area contributed by atoms with Gasteiger partial charge in [0.2, 0.25) is 5.95 Å². The Kier molecular flexibility index (Phi) is 8.74. The molecule has 0 aliphatic carbocycles. The van der Waals surface area contributed by atoms with Crippen LogP contribution in [0.4, 0.5) is 11.6 Å². The first-order valence-corrected chi connectivity index (χ1v) is 13.4. The van der Waals surface area contributed by atoms with Gasteiger partial charge in [0.05, 0.1) is 7.11 Å². The molecule has 0 saturated heterocycles. The Hall–Kier alpha value is -4.68. The monoisotopic (exact) mass is 570 g/mol. The molecule has 2 heterocycles. The standard InChI is InChI=1S/C31H31ClN6O3/c1-31(2,3)16-21(17-33)28(39)36-22-8-6-7-19(13-22)11-12-38-27-20(18-35-30(34-4)37-27)14-25(29(38)40)24-15-23(41-5)9-10-26(24)32/h6-10,13-16,18H,11-12H2,1-5H3,(H,36,39)(H,34,35,37)/b21-16+. The fraction of sp³-hybridized carbons (Fsp3) is 0.258. The van der Waals surface area contributed by atoms with E-state index >= 15 is 0 Å². The molecule has 0 radical (unpaired) electrons. The number of aryl methyl sites for hydroxylation is 2. The van der Waals surface area contributed by atoms with Crippen LogP contribution < -0.4 is 20.9 Å². The molecule has 0 aliphatic heterocycles. The largest absolute Gasteiger partial charge is 0.497 e. The number of aromatic nitrogens is 3. The van der Waals surface area contributed by atoms with E-state index in [1.807, 2.05) is 45.0 Å². The minimum atomic E-state index is -0.471. The van der Waals surface area contributed by atoms with Gasteiger partial charge in [0.1, 0.15) is 23.0 Å². The van der Waals surface area contributed by atoms with Crippen LogP contribution in [0.15, 0.2) is 71.2 Å². The highest BCUT2D eigenvalue weighted by Gasteiger charge is 2.17. The van der Waals surface area contributed by atoms with Crippen LogP contribution in [0.5, 0.6) is 5.75 Å². The number of rotatable bonds is 8. The number of amides is 1. The van der Waals surface area contributed by atoms with Gasteiger partial charge < -0.3 is 15.4 Å². The topological polar surface area (TPSA) is 122 Å². The van der Waals surface area contributed by atoms with E-state index in [0.717, 1.165) is 5.56 Å². The van der Waals surface area contributed by atoms with Crippen LogP contribution in [0.2, 0.25) is 5.02 Å². The number of anilines is 2. The second-order valence-electron chi connectivity index (χ2n) is 10.5. The minimum Gasteiger partial charge on any atom is -0.497 e. The zero-order valence-electron chi connectivity index (χ0n) is 23.6. The molecule has 4 rings (SSSR count). The summed E-state index contributed by atoms with van der Waals surface area (Å²) in [6.07, 6.45) is 3.78. The molecule has 0 spiro atoms. The number of carbonyl (C=O) groups is 1. The van der Waals surface area contributed by atoms with Crippen molar-refractivity contribution in [2.45, 2.75) is 33.7 Å². The second-order valence-corrected chi connectivity index (χ2v) is 10.9. The van der Waals surface area contributed by atoms with Gasteiger partial charge in [0.25, 0.3) is 11.5 Å². The molecule has 0 atom stereocenters. The highest BCUT2D eigenvalue weighted by atomic mass is 35.5. The van der Waals surface area contributed by atoms with Crippen molar-refractivity contribution in [1.29, 1.82) is 5.26 Å². The number of hydrogen-bond acceptors (Lipinski definition) is 7. The molecule has 2 aromatic heterocycles. The first-order chi connectivity index (χ1) is 19.5. The lowest BCUT2D eigenvalue weighted by molar-refractivity contribution is -0.112. The van der Waals surface area contributed by atoms with Gasteiger partial charge in [0.15, 0.2) is 0 Å². The van der Waals surface area contributed by atoms with E-state index in [2.05, 4.69) is 20.6 Å². The molecule has 41 heavy (non-hydrogen) atoms. The molecule has 2 N–H and O–H groups in total. The Morgan fingerprint density at radius 1 is 1.17 bits per heavy atom. The third-order valence-corrected chi connectivity index (χ3v) is 6.60. The highest BCUT2D eigenvalue weighted by Crippen LogP contribution is 2.31. The SMILES string of the molecule is CNc1ncc2cc(-c3cc(OC)ccc3Cl)c(=O)n(CCc3cccc(NC(=O)/C(C#N)=C/C(C)(C)C)c3)c2n1. The summed E-state index contributed by atoms with van der Waals surface area (Å²) < 4.78 is 6.96. The molecule has 0 aliphatic rings. The lowest BCUT2D eigenvalue weighted by Crippen LogP contribution is -2.24. The van der Waals surface area contributed by atoms with Gasteiger partial charge in [-0.05, 0) is 53.8 Å². The maximum Gasteiger partial charge on any atom is 0.265 e. The van der Waals surface area contributed by atoms with Crippen LogP contribution in [0, 0.1) is 16.7 Å². The van der Waals surface area contributed by atoms with Crippen molar-refractivity contribution in [3.05, 3.63) is 87.3 Å². The third-order valence-electron chi connectivity index (χ3n) is 6.27. The Bertz CT molecular complexity index is 1750. The molecule has 1 amide bonds. The van der Waals surface area contributed by atoms with E-state index in [9.17, 15) is 14.9 Å². The van der Waals surface area contributed by atoms with E-state index in [0.29, 0.717) is 57.5 Å². The second kappa shape index (κ2) is 12.2. The van der Waals surface area contributed by atoms with E-state index in [-0.39, 0.29) is 16.5 Å². The van der Waals surface area contributed by atoms with Gasteiger partial charge in [-0.1, -0.05) is 50.6 Å². The zero-order valence-corrected chi connectivity index (χ0v) is 24.3. The summed E-state index contributed by atoms with van der Waals surface area (Å²) in [4.78, 5) is 35.5. The summed E-state index contributed by atoms with van der Waals surface area (Å²) in [5.74, 6) is 0.494. The number of ether oxygens (including phenoxy) is 1. The maximum absolute atomic E-state index is 13.9. The van der Waals surface area contributed by atoms with Gasteiger partial charge >= 0.3 is 0 Å². The molecule has 4 aromatic rings. The number of nitrogens with zero attached hydrogens (tertiary/aromatic N) is 4. The summed E-state index contributed by atoms with van der Waals surface area (Å²) >= 11 is 6.51. The van der Waals surface area contributed by atoms with Gasteiger partial charge in [-0.2, -0.15) is 10.2 Å². The highest BCUT2D eigenvalue weighted by molar-refractivity contribution is 6.33. The number of nitriles is 1. The van der Waals surface area contributed by atoms with Crippen molar-refractivity contribution < 1.29 is 9.53 Å². The predicted octanol–water partition coefficient (Wildman–Crippen LogP) is 5.84. The summed E-state index contributed by atoms with van der Waals surface area (Å²) in [6.45, 7) is 6.07. The van der Waals surface area contributed by atoms with Crippen molar-refractivity contribution in [2.75, 3.05) is 24.8 Å². The minimum absolute atomic E-state index is 0.0500. The number of halogens is 1. The van der Waals surface area contributed by atoms with Crippen molar-refractivity contribution in [3.8, 4) is 22.9 Å². The molecule has 2 aromatic carbocycles. The van der Waals surface area contributed by atoms with Gasteiger partial charge in [-0.3, -0.25) is 14.2 Å². The van der Waals surface area contributed by atoms with Crippen molar-refractivity contribution in [2.24, 2.45) is 5.41 Å². The quantitative estimate of drug-likeness (QED) is 0.201. The van der Waals surface area contributed by atoms with Crippen LogP contribution >= 0.6 is 11.6 Å².